The Kier molecular flexibility index (Phi) is 6.17. The molecule has 21 heavy (non-hydrogen) atoms. The zero-order chi connectivity index (χ0) is 15.1. The van der Waals surface area contributed by atoms with Gasteiger partial charge in [-0.2, -0.15) is 0 Å². The van der Waals surface area contributed by atoms with Crippen molar-refractivity contribution in [3.8, 4) is 0 Å². The normalized spacial score (nSPS) is 14.4. The molecule has 0 atom stereocenters. The van der Waals surface area contributed by atoms with E-state index in [1.165, 1.54) is 12.8 Å². The van der Waals surface area contributed by atoms with E-state index in [-0.39, 0.29) is 5.91 Å². The predicted molar refractivity (Wildman–Crippen MR) is 84.1 cm³/mol. The van der Waals surface area contributed by atoms with Gasteiger partial charge in [0.15, 0.2) is 0 Å². The van der Waals surface area contributed by atoms with Crippen molar-refractivity contribution >= 4 is 11.6 Å². The summed E-state index contributed by atoms with van der Waals surface area (Å²) in [4.78, 5) is 14.3. The molecule has 116 valence electrons. The van der Waals surface area contributed by atoms with Crippen molar-refractivity contribution in [3.63, 3.8) is 0 Å². The van der Waals surface area contributed by atoms with Crippen molar-refractivity contribution in [2.45, 2.75) is 31.8 Å². The molecule has 1 aliphatic carbocycles. The highest BCUT2D eigenvalue weighted by Crippen LogP contribution is 2.26. The Morgan fingerprint density at radius 1 is 1.33 bits per heavy atom. The summed E-state index contributed by atoms with van der Waals surface area (Å²) in [5, 5.41) is 2.93. The molecule has 0 unspecified atom stereocenters. The van der Waals surface area contributed by atoms with Gasteiger partial charge in [0.1, 0.15) is 0 Å². The predicted octanol–water partition coefficient (Wildman–Crippen LogP) is 1.58. The van der Waals surface area contributed by atoms with E-state index >= 15 is 0 Å². The summed E-state index contributed by atoms with van der Waals surface area (Å²) in [7, 11) is 1.71. The van der Waals surface area contributed by atoms with E-state index in [9.17, 15) is 4.79 Å². The first-order chi connectivity index (χ1) is 10.2. The van der Waals surface area contributed by atoms with Crippen LogP contribution in [0.4, 0.5) is 5.69 Å². The molecule has 0 saturated heterocycles. The summed E-state index contributed by atoms with van der Waals surface area (Å²) in [6, 6.07) is 8.31. The van der Waals surface area contributed by atoms with E-state index in [1.807, 2.05) is 24.3 Å². The first-order valence-electron chi connectivity index (χ1n) is 7.54. The second-order valence-corrected chi connectivity index (χ2v) is 5.46. The lowest BCUT2D eigenvalue weighted by Crippen LogP contribution is -2.32. The van der Waals surface area contributed by atoms with E-state index in [0.717, 1.165) is 30.9 Å². The molecule has 5 heteroatoms. The van der Waals surface area contributed by atoms with Crippen LogP contribution in [-0.4, -0.2) is 43.7 Å². The molecular formula is C16H25N3O2. The fraction of sp³-hybridized carbons (Fsp3) is 0.562. The second kappa shape index (κ2) is 8.12. The number of ether oxygens (including phenoxy) is 1. The van der Waals surface area contributed by atoms with Crippen molar-refractivity contribution in [3.05, 3.63) is 29.8 Å². The third-order valence-corrected chi connectivity index (χ3v) is 3.75. The van der Waals surface area contributed by atoms with Crippen LogP contribution in [0.5, 0.6) is 0 Å². The van der Waals surface area contributed by atoms with Gasteiger partial charge in [0.25, 0.3) is 0 Å². The molecule has 1 amide bonds. The first kappa shape index (κ1) is 15.9. The molecule has 1 aromatic rings. The van der Waals surface area contributed by atoms with Crippen molar-refractivity contribution in [1.29, 1.82) is 0 Å². The summed E-state index contributed by atoms with van der Waals surface area (Å²) in [6.07, 6.45) is 3.00. The largest absolute Gasteiger partial charge is 0.383 e. The highest BCUT2D eigenvalue weighted by Gasteiger charge is 2.28. The van der Waals surface area contributed by atoms with Gasteiger partial charge in [-0.3, -0.25) is 9.69 Å². The molecular weight excluding hydrogens is 266 g/mol. The van der Waals surface area contributed by atoms with Gasteiger partial charge in [-0.05, 0) is 30.5 Å². The number of carbonyl (C=O) groups is 1. The molecule has 0 bridgehead atoms. The maximum absolute atomic E-state index is 12.0. The average Bonchev–Trinajstić information content (AvgIpc) is 3.33. The van der Waals surface area contributed by atoms with Gasteiger partial charge in [0.2, 0.25) is 5.91 Å². The molecule has 0 aliphatic heterocycles. The Morgan fingerprint density at radius 2 is 2.05 bits per heavy atom. The fourth-order valence-corrected chi connectivity index (χ4v) is 2.32. The van der Waals surface area contributed by atoms with E-state index in [2.05, 4.69) is 10.2 Å². The van der Waals surface area contributed by atoms with Crippen LogP contribution in [0.25, 0.3) is 0 Å². The smallest absolute Gasteiger partial charge is 0.225 e. The summed E-state index contributed by atoms with van der Waals surface area (Å²) >= 11 is 0. The highest BCUT2D eigenvalue weighted by atomic mass is 16.5. The van der Waals surface area contributed by atoms with Crippen LogP contribution in [0.15, 0.2) is 24.3 Å². The monoisotopic (exact) mass is 291 g/mol. The standard InChI is InChI=1S/C16H25N3O2/c1-21-11-10-19(15-6-7-15)9-8-16(20)18-14-4-2-13(12-17)3-5-14/h2-5,15H,6-12,17H2,1H3,(H,18,20). The maximum Gasteiger partial charge on any atom is 0.225 e. The van der Waals surface area contributed by atoms with Gasteiger partial charge in [0.05, 0.1) is 6.61 Å². The number of hydrogen-bond donors (Lipinski definition) is 2. The zero-order valence-corrected chi connectivity index (χ0v) is 12.7. The Balaban J connectivity index is 1.74. The first-order valence-corrected chi connectivity index (χ1v) is 7.54. The maximum atomic E-state index is 12.0. The van der Waals surface area contributed by atoms with Crippen LogP contribution < -0.4 is 11.1 Å². The third-order valence-electron chi connectivity index (χ3n) is 3.75. The van der Waals surface area contributed by atoms with Crippen LogP contribution in [0.1, 0.15) is 24.8 Å². The van der Waals surface area contributed by atoms with E-state index < -0.39 is 0 Å². The van der Waals surface area contributed by atoms with Crippen LogP contribution in [-0.2, 0) is 16.1 Å². The Morgan fingerprint density at radius 3 is 2.62 bits per heavy atom. The highest BCUT2D eigenvalue weighted by molar-refractivity contribution is 5.90. The number of nitrogens with zero attached hydrogens (tertiary/aromatic N) is 1. The molecule has 0 radical (unpaired) electrons. The molecule has 0 heterocycles. The SMILES string of the molecule is COCCN(CCC(=O)Nc1ccc(CN)cc1)C1CC1. The van der Waals surface area contributed by atoms with E-state index in [0.29, 0.717) is 19.0 Å². The van der Waals surface area contributed by atoms with Gasteiger partial charge in [-0.15, -0.1) is 0 Å². The van der Waals surface area contributed by atoms with E-state index in [1.54, 1.807) is 7.11 Å². The summed E-state index contributed by atoms with van der Waals surface area (Å²) < 4.78 is 5.12. The number of anilines is 1. The average molecular weight is 291 g/mol. The fourth-order valence-electron chi connectivity index (χ4n) is 2.32. The molecule has 3 N–H and O–H groups in total. The lowest BCUT2D eigenvalue weighted by molar-refractivity contribution is -0.116. The Labute approximate surface area is 126 Å². The molecule has 1 fully saturated rings. The molecule has 0 spiro atoms. The van der Waals surface area contributed by atoms with Crippen LogP contribution >= 0.6 is 0 Å². The summed E-state index contributed by atoms with van der Waals surface area (Å²) in [5.74, 6) is 0.0542. The van der Waals surface area contributed by atoms with Crippen LogP contribution in [0.2, 0.25) is 0 Å². The van der Waals surface area contributed by atoms with E-state index in [4.69, 9.17) is 10.5 Å². The minimum atomic E-state index is 0.0542. The van der Waals surface area contributed by atoms with Crippen LogP contribution in [0.3, 0.4) is 0 Å². The topological polar surface area (TPSA) is 67.6 Å². The summed E-state index contributed by atoms with van der Waals surface area (Å²) in [6.45, 7) is 2.93. The van der Waals surface area contributed by atoms with Gasteiger partial charge >= 0.3 is 0 Å². The molecule has 5 nitrogen and oxygen atoms in total. The quantitative estimate of drug-likeness (QED) is 0.725. The lowest BCUT2D eigenvalue weighted by atomic mass is 10.2. The number of amides is 1. The molecule has 2 rings (SSSR count). The Bertz CT molecular complexity index is 443. The Hall–Kier alpha value is -1.43. The lowest BCUT2D eigenvalue weighted by Gasteiger charge is -2.21. The number of benzene rings is 1. The van der Waals surface area contributed by atoms with Gasteiger partial charge < -0.3 is 15.8 Å². The number of nitrogens with one attached hydrogen (secondary N) is 1. The molecule has 1 saturated carbocycles. The minimum absolute atomic E-state index is 0.0542. The number of carbonyl (C=O) groups excluding carboxylic acids is 1. The second-order valence-electron chi connectivity index (χ2n) is 5.46. The number of hydrogen-bond acceptors (Lipinski definition) is 4. The third kappa shape index (κ3) is 5.46. The van der Waals surface area contributed by atoms with Crippen molar-refractivity contribution in [2.24, 2.45) is 5.73 Å². The van der Waals surface area contributed by atoms with Crippen LogP contribution in [0, 0.1) is 0 Å². The minimum Gasteiger partial charge on any atom is -0.383 e. The van der Waals surface area contributed by atoms with Crippen molar-refractivity contribution in [2.75, 3.05) is 32.1 Å². The zero-order valence-electron chi connectivity index (χ0n) is 12.7. The molecule has 0 aromatic heterocycles. The number of nitrogens with two attached hydrogens (primary N) is 1. The number of methoxy groups -OCH3 is 1. The van der Waals surface area contributed by atoms with Gasteiger partial charge in [-0.25, -0.2) is 0 Å². The van der Waals surface area contributed by atoms with Gasteiger partial charge in [0, 0.05) is 44.9 Å². The van der Waals surface area contributed by atoms with Crippen molar-refractivity contribution < 1.29 is 9.53 Å². The molecule has 1 aliphatic rings. The number of rotatable bonds is 9. The molecule has 1 aromatic carbocycles. The van der Waals surface area contributed by atoms with Gasteiger partial charge in [-0.1, -0.05) is 12.1 Å². The summed E-state index contributed by atoms with van der Waals surface area (Å²) in [5.41, 5.74) is 7.44. The van der Waals surface area contributed by atoms with Crippen molar-refractivity contribution in [1.82, 2.24) is 4.90 Å².